The second-order valence-electron chi connectivity index (χ2n) is 4.52. The monoisotopic (exact) mass is 236 g/mol. The second kappa shape index (κ2) is 4.18. The van der Waals surface area contributed by atoms with E-state index in [1.165, 1.54) is 0 Å². The normalized spacial score (nSPS) is 32.0. The highest BCUT2D eigenvalue weighted by Gasteiger charge is 2.41. The van der Waals surface area contributed by atoms with E-state index in [0.717, 1.165) is 17.8 Å². The molecule has 1 saturated heterocycles. The highest BCUT2D eigenvalue weighted by molar-refractivity contribution is 5.70. The van der Waals surface area contributed by atoms with Crippen LogP contribution in [0, 0.1) is 0 Å². The summed E-state index contributed by atoms with van der Waals surface area (Å²) in [6.07, 6.45) is -0.547. The molecule has 5 nitrogen and oxygen atoms in total. The summed E-state index contributed by atoms with van der Waals surface area (Å²) in [6, 6.07) is 7.94. The van der Waals surface area contributed by atoms with Crippen LogP contribution in [-0.2, 0) is 4.74 Å². The van der Waals surface area contributed by atoms with Crippen LogP contribution in [0.1, 0.15) is 6.42 Å². The first-order valence-corrected chi connectivity index (χ1v) is 5.84. The van der Waals surface area contributed by atoms with Crippen molar-refractivity contribution in [2.75, 3.05) is 17.2 Å². The summed E-state index contributed by atoms with van der Waals surface area (Å²) in [7, 11) is 0. The summed E-state index contributed by atoms with van der Waals surface area (Å²) in [5.41, 5.74) is 2.02. The number of hydrogen-bond acceptors (Lipinski definition) is 5. The molecule has 5 heteroatoms. The Morgan fingerprint density at radius 1 is 1.29 bits per heavy atom. The van der Waals surface area contributed by atoms with Crippen LogP contribution in [0.25, 0.3) is 0 Å². The Balaban J connectivity index is 1.86. The van der Waals surface area contributed by atoms with Gasteiger partial charge in [-0.05, 0) is 12.1 Å². The van der Waals surface area contributed by atoms with Crippen LogP contribution in [0.15, 0.2) is 24.3 Å². The summed E-state index contributed by atoms with van der Waals surface area (Å²) < 4.78 is 5.69. The number of rotatable bonds is 2. The first-order valence-electron chi connectivity index (χ1n) is 5.84. The van der Waals surface area contributed by atoms with Gasteiger partial charge in [-0.25, -0.2) is 0 Å². The van der Waals surface area contributed by atoms with Crippen LogP contribution in [0.3, 0.4) is 0 Å². The molecule has 4 atom stereocenters. The SMILES string of the molecule is OCC(O)[C@H]1O[C@H]2CC1Nc1ccccc1N2. The van der Waals surface area contributed by atoms with Gasteiger partial charge in [-0.2, -0.15) is 0 Å². The van der Waals surface area contributed by atoms with Gasteiger partial charge in [-0.15, -0.1) is 0 Å². The number of aliphatic hydroxyl groups excluding tert-OH is 2. The van der Waals surface area contributed by atoms with Crippen LogP contribution < -0.4 is 10.6 Å². The standard InChI is InChI=1S/C12H16N2O3/c15-6-10(16)12-9-5-11(17-12)14-8-4-2-1-3-7(8)13-9/h1-4,9-16H,5-6H2/t9?,10?,11-,12-/m0/s1. The van der Waals surface area contributed by atoms with Crippen molar-refractivity contribution in [1.82, 2.24) is 0 Å². The Bertz CT molecular complexity index is 412. The lowest BCUT2D eigenvalue weighted by molar-refractivity contribution is -0.0499. The zero-order chi connectivity index (χ0) is 11.8. The molecule has 2 bridgehead atoms. The van der Waals surface area contributed by atoms with Crippen LogP contribution >= 0.6 is 0 Å². The van der Waals surface area contributed by atoms with Gasteiger partial charge in [0.25, 0.3) is 0 Å². The summed E-state index contributed by atoms with van der Waals surface area (Å²) in [6.45, 7) is -0.281. The third-order valence-corrected chi connectivity index (χ3v) is 3.34. The lowest BCUT2D eigenvalue weighted by Crippen LogP contribution is -2.41. The molecule has 0 amide bonds. The third kappa shape index (κ3) is 1.86. The van der Waals surface area contributed by atoms with Crippen molar-refractivity contribution in [3.8, 4) is 0 Å². The number of nitrogens with one attached hydrogen (secondary N) is 2. The van der Waals surface area contributed by atoms with E-state index in [-0.39, 0.29) is 25.0 Å². The minimum atomic E-state index is -0.843. The van der Waals surface area contributed by atoms with E-state index in [9.17, 15) is 5.11 Å². The number of aliphatic hydroxyl groups is 2. The maximum atomic E-state index is 9.70. The number of anilines is 2. The third-order valence-electron chi connectivity index (χ3n) is 3.34. The van der Waals surface area contributed by atoms with Crippen molar-refractivity contribution in [2.24, 2.45) is 0 Å². The minimum Gasteiger partial charge on any atom is -0.394 e. The number of benzene rings is 1. The topological polar surface area (TPSA) is 73.8 Å². The van der Waals surface area contributed by atoms with E-state index >= 15 is 0 Å². The number of ether oxygens (including phenoxy) is 1. The molecule has 0 aliphatic carbocycles. The van der Waals surface area contributed by atoms with E-state index in [1.54, 1.807) is 0 Å². The number of hydrogen-bond donors (Lipinski definition) is 4. The smallest absolute Gasteiger partial charge is 0.130 e. The molecule has 2 unspecified atom stereocenters. The van der Waals surface area contributed by atoms with E-state index in [4.69, 9.17) is 9.84 Å². The van der Waals surface area contributed by atoms with Gasteiger partial charge in [-0.1, -0.05) is 12.1 Å². The van der Waals surface area contributed by atoms with Crippen molar-refractivity contribution >= 4 is 11.4 Å². The quantitative estimate of drug-likeness (QED) is 0.596. The van der Waals surface area contributed by atoms with E-state index in [1.807, 2.05) is 24.3 Å². The van der Waals surface area contributed by atoms with Gasteiger partial charge in [0, 0.05) is 6.42 Å². The van der Waals surface area contributed by atoms with Crippen LogP contribution in [0.2, 0.25) is 0 Å². The molecule has 92 valence electrons. The Morgan fingerprint density at radius 2 is 2.00 bits per heavy atom. The first-order chi connectivity index (χ1) is 8.28. The largest absolute Gasteiger partial charge is 0.394 e. The highest BCUT2D eigenvalue weighted by atomic mass is 16.5. The van der Waals surface area contributed by atoms with E-state index in [0.29, 0.717) is 0 Å². The van der Waals surface area contributed by atoms with Crippen LogP contribution in [-0.4, -0.2) is 41.3 Å². The molecular weight excluding hydrogens is 220 g/mol. The predicted molar refractivity (Wildman–Crippen MR) is 63.8 cm³/mol. The van der Waals surface area contributed by atoms with Gasteiger partial charge >= 0.3 is 0 Å². The fourth-order valence-electron chi connectivity index (χ4n) is 2.51. The highest BCUT2D eigenvalue weighted by Crippen LogP contribution is 2.34. The lowest BCUT2D eigenvalue weighted by atomic mass is 10.1. The molecular formula is C12H16N2O3. The van der Waals surface area contributed by atoms with Gasteiger partial charge in [0.05, 0.1) is 24.0 Å². The summed E-state index contributed by atoms with van der Waals surface area (Å²) in [5.74, 6) is 0. The first kappa shape index (κ1) is 10.8. The molecule has 0 aromatic heterocycles. The van der Waals surface area contributed by atoms with Crippen molar-refractivity contribution in [1.29, 1.82) is 0 Å². The fourth-order valence-corrected chi connectivity index (χ4v) is 2.51. The molecule has 2 heterocycles. The lowest BCUT2D eigenvalue weighted by Gasteiger charge is -2.26. The molecule has 2 aliphatic heterocycles. The van der Waals surface area contributed by atoms with Crippen LogP contribution in [0.4, 0.5) is 11.4 Å². The average molecular weight is 236 g/mol. The molecule has 1 aromatic rings. The number of para-hydroxylation sites is 2. The maximum absolute atomic E-state index is 9.70. The Labute approximate surface area is 99.4 Å². The Kier molecular flexibility index (Phi) is 2.66. The van der Waals surface area contributed by atoms with Crippen LogP contribution in [0.5, 0.6) is 0 Å². The maximum Gasteiger partial charge on any atom is 0.130 e. The molecule has 17 heavy (non-hydrogen) atoms. The molecule has 2 aliphatic rings. The zero-order valence-corrected chi connectivity index (χ0v) is 9.34. The zero-order valence-electron chi connectivity index (χ0n) is 9.34. The second-order valence-corrected chi connectivity index (χ2v) is 4.52. The average Bonchev–Trinajstić information content (AvgIpc) is 2.62. The number of fused-ring (bicyclic) bond motifs is 3. The van der Waals surface area contributed by atoms with Crippen molar-refractivity contribution in [2.45, 2.75) is 30.9 Å². The molecule has 1 fully saturated rings. The summed E-state index contributed by atoms with van der Waals surface area (Å²) in [5, 5.41) is 25.3. The summed E-state index contributed by atoms with van der Waals surface area (Å²) in [4.78, 5) is 0. The van der Waals surface area contributed by atoms with Crippen molar-refractivity contribution in [3.05, 3.63) is 24.3 Å². The van der Waals surface area contributed by atoms with Gasteiger partial charge in [-0.3, -0.25) is 0 Å². The molecule has 1 aromatic carbocycles. The Hall–Kier alpha value is -1.30. The predicted octanol–water partition coefficient (Wildman–Crippen LogP) is 0.361. The molecule has 3 rings (SSSR count). The van der Waals surface area contributed by atoms with Gasteiger partial charge < -0.3 is 25.6 Å². The van der Waals surface area contributed by atoms with Crippen molar-refractivity contribution in [3.63, 3.8) is 0 Å². The fraction of sp³-hybridized carbons (Fsp3) is 0.500. The van der Waals surface area contributed by atoms with Crippen molar-refractivity contribution < 1.29 is 14.9 Å². The van der Waals surface area contributed by atoms with Gasteiger partial charge in [0.2, 0.25) is 0 Å². The van der Waals surface area contributed by atoms with E-state index in [2.05, 4.69) is 10.6 Å². The molecule has 0 saturated carbocycles. The summed E-state index contributed by atoms with van der Waals surface area (Å²) >= 11 is 0. The van der Waals surface area contributed by atoms with Gasteiger partial charge in [0.1, 0.15) is 18.4 Å². The Morgan fingerprint density at radius 3 is 2.71 bits per heavy atom. The molecule has 4 N–H and O–H groups in total. The molecule has 0 spiro atoms. The van der Waals surface area contributed by atoms with Gasteiger partial charge in [0.15, 0.2) is 0 Å². The van der Waals surface area contributed by atoms with E-state index < -0.39 is 6.10 Å². The minimum absolute atomic E-state index is 0.0262. The molecule has 0 radical (unpaired) electrons.